The van der Waals surface area contributed by atoms with E-state index in [2.05, 4.69) is 22.8 Å². The van der Waals surface area contributed by atoms with Crippen molar-refractivity contribution in [3.63, 3.8) is 0 Å². The fourth-order valence-electron chi connectivity index (χ4n) is 12.0. The van der Waals surface area contributed by atoms with E-state index in [1.54, 1.807) is 12.1 Å². The molecule has 19 nitrogen and oxygen atoms in total. The van der Waals surface area contributed by atoms with Crippen LogP contribution in [-0.2, 0) is 55.8 Å². The molecule has 2 unspecified atom stereocenters. The number of nitrogens with one attached hydrogen (secondary N) is 2. The van der Waals surface area contributed by atoms with Crippen molar-refractivity contribution < 1.29 is 77.8 Å². The lowest BCUT2D eigenvalue weighted by Gasteiger charge is -2.51. The fourth-order valence-corrected chi connectivity index (χ4v) is 12.0. The lowest BCUT2D eigenvalue weighted by Crippen LogP contribution is -2.66. The third-order valence-electron chi connectivity index (χ3n) is 16.0. The Morgan fingerprint density at radius 2 is 1.09 bits per heavy atom. The van der Waals surface area contributed by atoms with Crippen molar-refractivity contribution in [3.05, 3.63) is 144 Å². The zero-order valence-corrected chi connectivity index (χ0v) is 42.3. The van der Waals surface area contributed by atoms with Crippen LogP contribution in [0.2, 0.25) is 0 Å². The third kappa shape index (κ3) is 12.3. The van der Waals surface area contributed by atoms with Crippen molar-refractivity contribution in [2.45, 2.75) is 175 Å². The van der Waals surface area contributed by atoms with Crippen LogP contribution in [0.3, 0.4) is 0 Å². The lowest BCUT2D eigenvalue weighted by atomic mass is 9.71. The van der Waals surface area contributed by atoms with Crippen LogP contribution in [0.1, 0.15) is 79.7 Å². The van der Waals surface area contributed by atoms with Crippen molar-refractivity contribution in [3.8, 4) is 0 Å². The summed E-state index contributed by atoms with van der Waals surface area (Å²) in [6, 6.07) is 34.7. The van der Waals surface area contributed by atoms with Gasteiger partial charge in [0.05, 0.1) is 43.2 Å². The predicted molar refractivity (Wildman–Crippen MR) is 270 cm³/mol. The number of benzene rings is 4. The highest BCUT2D eigenvalue weighted by Gasteiger charge is 2.57. The van der Waals surface area contributed by atoms with Crippen molar-refractivity contribution in [1.82, 2.24) is 10.6 Å². The molecule has 4 aromatic carbocycles. The highest BCUT2D eigenvalue weighted by molar-refractivity contribution is 5.68. The normalized spacial score (nSPS) is 38.2. The summed E-state index contributed by atoms with van der Waals surface area (Å²) in [7, 11) is 0. The molecule has 410 valence electrons. The minimum absolute atomic E-state index is 0.0243. The van der Waals surface area contributed by atoms with E-state index < -0.39 is 129 Å². The summed E-state index contributed by atoms with van der Waals surface area (Å²) in [6.07, 6.45) is -15.6. The molecule has 76 heavy (non-hydrogen) atoms. The summed E-state index contributed by atoms with van der Waals surface area (Å²) in [6.45, 7) is 1.10. The SMILES string of the molecule is C[C@H]1C[C@@H](N)[C@H](O)[C@@H](O[C@@H]2O[C@H](CO)[C@@H](O[C@H]3O[C@H]4CCC(c5ccccc5)O[C@H]4[C@H](O)[C@H]3NC(=O)OCc3ccccc3)[C@H]2O)[C@@H]1O[C@H]1O[C@@H]2CCC(c3ccccc3)C[C@H]2[C@H](O)[C@H]1NC(=O)OCc1ccccc1. The van der Waals surface area contributed by atoms with Gasteiger partial charge in [0.15, 0.2) is 18.9 Å². The van der Waals surface area contributed by atoms with E-state index in [1.807, 2.05) is 104 Å². The Labute approximate surface area is 441 Å². The van der Waals surface area contributed by atoms with Crippen LogP contribution in [0.5, 0.6) is 0 Å². The van der Waals surface area contributed by atoms with Crippen molar-refractivity contribution in [2.75, 3.05) is 6.61 Å². The molecule has 2 saturated carbocycles. The standard InChI is InChI=1S/C57H71N3O16/c1-31-26-38(58)46(63)52(49(31)74-53-43(59-56(66)68-29-32-14-6-2-7-15-32)45(62)37-27-36(22-23-40(37)71-53)34-18-10-4-11-19-34)76-55-48(65)51(42(28-61)73-55)75-54-44(60-57(67)69-30-33-16-8-3-9-17-33)47(64)50-41(72-54)25-24-39(70-50)35-20-12-5-13-21-35/h2-21,31,36-55,61-65H,22-30,58H2,1H3,(H,59,66)(H,60,67)/t31-,36?,37+,38+,39?,40+,41-,42+,43+,44+,45-,46-,47+,48+,49+,50+,51+,52+,53+,54+,55-/m0/s1. The number of hydrogen-bond donors (Lipinski definition) is 8. The minimum atomic E-state index is -1.66. The molecule has 6 aliphatic rings. The topological polar surface area (TPSA) is 268 Å². The second kappa shape index (κ2) is 24.7. The van der Waals surface area contributed by atoms with Gasteiger partial charge in [0.1, 0.15) is 61.9 Å². The number of ether oxygens (including phenoxy) is 9. The van der Waals surface area contributed by atoms with E-state index in [-0.39, 0.29) is 37.6 Å². The third-order valence-corrected chi connectivity index (χ3v) is 16.0. The van der Waals surface area contributed by atoms with Gasteiger partial charge >= 0.3 is 12.2 Å². The maximum Gasteiger partial charge on any atom is 0.407 e. The lowest BCUT2D eigenvalue weighted by molar-refractivity contribution is -0.314. The minimum Gasteiger partial charge on any atom is -0.445 e. The molecule has 0 aromatic heterocycles. The van der Waals surface area contributed by atoms with Crippen molar-refractivity contribution in [1.29, 1.82) is 0 Å². The Morgan fingerprint density at radius 1 is 0.566 bits per heavy atom. The number of carbonyl (C=O) groups excluding carboxylic acids is 2. The smallest absolute Gasteiger partial charge is 0.407 e. The maximum atomic E-state index is 13.6. The van der Waals surface area contributed by atoms with Gasteiger partial charge in [-0.05, 0) is 72.6 Å². The Hall–Kier alpha value is -5.10. The average Bonchev–Trinajstić information content (AvgIpc) is 3.74. The number of hydrogen-bond acceptors (Lipinski definition) is 17. The first-order valence-corrected chi connectivity index (χ1v) is 26.6. The molecule has 4 heterocycles. The van der Waals surface area contributed by atoms with E-state index in [0.29, 0.717) is 25.7 Å². The first kappa shape index (κ1) is 54.3. The van der Waals surface area contributed by atoms with Gasteiger partial charge in [0.2, 0.25) is 0 Å². The van der Waals surface area contributed by atoms with E-state index in [9.17, 15) is 35.1 Å². The van der Waals surface area contributed by atoms with Crippen LogP contribution in [0.4, 0.5) is 9.59 Å². The maximum absolute atomic E-state index is 13.6. The van der Waals surface area contributed by atoms with Crippen LogP contribution >= 0.6 is 0 Å². The first-order chi connectivity index (χ1) is 36.9. The average molecular weight is 1050 g/mol. The highest BCUT2D eigenvalue weighted by Crippen LogP contribution is 2.45. The largest absolute Gasteiger partial charge is 0.445 e. The van der Waals surface area contributed by atoms with Gasteiger partial charge in [0, 0.05) is 12.0 Å². The van der Waals surface area contributed by atoms with E-state index in [0.717, 1.165) is 28.7 Å². The molecular weight excluding hydrogens is 983 g/mol. The van der Waals surface area contributed by atoms with Crippen LogP contribution in [-0.4, -0.2) is 148 Å². The number of amides is 2. The van der Waals surface area contributed by atoms with Gasteiger partial charge in [0.25, 0.3) is 0 Å². The predicted octanol–water partition coefficient (Wildman–Crippen LogP) is 4.21. The van der Waals surface area contributed by atoms with Crippen LogP contribution in [0.25, 0.3) is 0 Å². The Balaban J connectivity index is 0.860. The van der Waals surface area contributed by atoms with Crippen LogP contribution < -0.4 is 16.4 Å². The van der Waals surface area contributed by atoms with Gasteiger partial charge in [-0.3, -0.25) is 0 Å². The summed E-state index contributed by atoms with van der Waals surface area (Å²) in [4.78, 5) is 27.0. The number of fused-ring (bicyclic) bond motifs is 2. The molecule has 4 aliphatic heterocycles. The summed E-state index contributed by atoms with van der Waals surface area (Å²) < 4.78 is 56.8. The van der Waals surface area contributed by atoms with Gasteiger partial charge in [-0.1, -0.05) is 128 Å². The molecular formula is C57H71N3O16. The quantitative estimate of drug-likeness (QED) is 0.0829. The molecule has 0 spiro atoms. The second-order valence-electron chi connectivity index (χ2n) is 21.1. The number of nitrogens with two attached hydrogens (primary N) is 1. The Morgan fingerprint density at radius 3 is 1.70 bits per heavy atom. The van der Waals surface area contributed by atoms with Crippen LogP contribution in [0, 0.1) is 11.8 Å². The van der Waals surface area contributed by atoms with Crippen molar-refractivity contribution in [2.24, 2.45) is 17.6 Å². The van der Waals surface area contributed by atoms with E-state index in [1.165, 1.54) is 0 Å². The first-order valence-electron chi connectivity index (χ1n) is 26.6. The van der Waals surface area contributed by atoms with Gasteiger partial charge in [-0.15, -0.1) is 0 Å². The number of rotatable bonds is 15. The summed E-state index contributed by atoms with van der Waals surface area (Å²) in [5.74, 6) is -0.651. The fraction of sp³-hybridized carbons (Fsp3) is 0.544. The molecule has 4 aromatic rings. The Bertz CT molecular complexity index is 2470. The van der Waals surface area contributed by atoms with Gasteiger partial charge in [-0.25, -0.2) is 9.59 Å². The number of carbonyl (C=O) groups is 2. The summed E-state index contributed by atoms with van der Waals surface area (Å²) in [5.41, 5.74) is 10.1. The second-order valence-corrected chi connectivity index (χ2v) is 21.1. The van der Waals surface area contributed by atoms with E-state index >= 15 is 0 Å². The molecule has 6 fully saturated rings. The molecule has 2 aliphatic carbocycles. The molecule has 9 N–H and O–H groups in total. The Kier molecular flexibility index (Phi) is 17.6. The molecule has 0 bridgehead atoms. The molecule has 4 saturated heterocycles. The molecule has 2 amide bonds. The molecule has 19 heteroatoms. The number of aliphatic hydroxyl groups is 5. The highest BCUT2D eigenvalue weighted by atomic mass is 16.8. The zero-order chi connectivity index (χ0) is 52.9. The van der Waals surface area contributed by atoms with Gasteiger partial charge < -0.3 is 84.5 Å². The zero-order valence-electron chi connectivity index (χ0n) is 42.3. The van der Waals surface area contributed by atoms with E-state index in [4.69, 9.17) is 48.4 Å². The summed E-state index contributed by atoms with van der Waals surface area (Å²) in [5, 5.41) is 64.6. The molecule has 21 atom stereocenters. The number of alkyl carbamates (subject to hydrolysis) is 2. The molecule has 10 rings (SSSR count). The molecule has 0 radical (unpaired) electrons. The monoisotopic (exact) mass is 1050 g/mol. The number of aliphatic hydroxyl groups excluding tert-OH is 5. The summed E-state index contributed by atoms with van der Waals surface area (Å²) >= 11 is 0. The van der Waals surface area contributed by atoms with Crippen LogP contribution in [0.15, 0.2) is 121 Å². The van der Waals surface area contributed by atoms with Crippen molar-refractivity contribution >= 4 is 12.2 Å². The van der Waals surface area contributed by atoms with Gasteiger partial charge in [-0.2, -0.15) is 0 Å².